The van der Waals surface area contributed by atoms with Crippen molar-refractivity contribution in [2.45, 2.75) is 19.9 Å². The van der Waals surface area contributed by atoms with Crippen LogP contribution < -0.4 is 11.1 Å². The van der Waals surface area contributed by atoms with Gasteiger partial charge in [0.15, 0.2) is 0 Å². The Morgan fingerprint density at radius 2 is 2.28 bits per heavy atom. The molecule has 2 atom stereocenters. The summed E-state index contributed by atoms with van der Waals surface area (Å²) in [5, 5.41) is 4.23. The fraction of sp³-hybridized carbons (Fsp3) is 0.455. The van der Waals surface area contributed by atoms with E-state index in [1.807, 2.05) is 19.9 Å². The number of nitrogens with two attached hydrogens (primary N) is 1. The van der Waals surface area contributed by atoms with E-state index in [4.69, 9.17) is 5.73 Å². The van der Waals surface area contributed by atoms with Crippen molar-refractivity contribution < 1.29 is 4.21 Å². The number of aryl methyl sites for hydroxylation is 1. The molecule has 2 unspecified atom stereocenters. The average Bonchev–Trinajstić information content (AvgIpc) is 2.56. The molecule has 5 nitrogen and oxygen atoms in total. The molecular formula is C11H16N4OS2. The van der Waals surface area contributed by atoms with Crippen LogP contribution in [0.5, 0.6) is 0 Å². The Bertz CT molecular complexity index is 596. The minimum atomic E-state index is -0.838. The Labute approximate surface area is 112 Å². The molecule has 0 saturated heterocycles. The number of aromatic nitrogens is 2. The minimum absolute atomic E-state index is 0.0774. The number of rotatable bonds is 4. The standard InChI is InChI=1S/C11H16N4OS2/c1-6(5-18(3)16)13-9-8-4-7(2)17-10(8)15-11(12)14-9/h4,6H,5H2,1-3H3,(H3,12,13,14,15). The summed E-state index contributed by atoms with van der Waals surface area (Å²) in [6.07, 6.45) is 1.69. The van der Waals surface area contributed by atoms with E-state index in [2.05, 4.69) is 15.3 Å². The maximum atomic E-state index is 11.2. The molecule has 0 radical (unpaired) electrons. The molecule has 0 aromatic carbocycles. The van der Waals surface area contributed by atoms with Gasteiger partial charge in [0.1, 0.15) is 10.6 Å². The lowest BCUT2D eigenvalue weighted by Gasteiger charge is -2.13. The van der Waals surface area contributed by atoms with Gasteiger partial charge in [-0.25, -0.2) is 4.98 Å². The highest BCUT2D eigenvalue weighted by Gasteiger charge is 2.12. The molecule has 3 N–H and O–H groups in total. The highest BCUT2D eigenvalue weighted by Crippen LogP contribution is 2.29. The van der Waals surface area contributed by atoms with Crippen LogP contribution in [0.1, 0.15) is 11.8 Å². The lowest BCUT2D eigenvalue weighted by Crippen LogP contribution is -2.23. The van der Waals surface area contributed by atoms with Crippen LogP contribution in [0.25, 0.3) is 10.2 Å². The van der Waals surface area contributed by atoms with Gasteiger partial charge in [-0.15, -0.1) is 11.3 Å². The van der Waals surface area contributed by atoms with E-state index in [0.29, 0.717) is 5.75 Å². The van der Waals surface area contributed by atoms with E-state index in [0.717, 1.165) is 16.0 Å². The molecule has 0 spiro atoms. The lowest BCUT2D eigenvalue weighted by molar-refractivity contribution is 0.683. The zero-order valence-corrected chi connectivity index (χ0v) is 12.2. The van der Waals surface area contributed by atoms with E-state index < -0.39 is 10.8 Å². The van der Waals surface area contributed by atoms with Gasteiger partial charge in [0.2, 0.25) is 5.95 Å². The van der Waals surface area contributed by atoms with Gasteiger partial charge in [0.25, 0.3) is 0 Å². The number of fused-ring (bicyclic) bond motifs is 1. The number of thiophene rings is 1. The van der Waals surface area contributed by atoms with Crippen LogP contribution in [0.4, 0.5) is 11.8 Å². The second-order valence-corrected chi connectivity index (χ2v) is 7.01. The average molecular weight is 284 g/mol. The maximum Gasteiger partial charge on any atom is 0.223 e. The third kappa shape index (κ3) is 2.97. The van der Waals surface area contributed by atoms with Crippen molar-refractivity contribution in [3.05, 3.63) is 10.9 Å². The fourth-order valence-electron chi connectivity index (χ4n) is 1.80. The van der Waals surface area contributed by atoms with E-state index in [-0.39, 0.29) is 12.0 Å². The SMILES string of the molecule is Cc1cc2c(NC(C)CS(C)=O)nc(N)nc2s1. The summed E-state index contributed by atoms with van der Waals surface area (Å²) in [6, 6.07) is 2.12. The molecule has 2 aromatic heterocycles. The van der Waals surface area contributed by atoms with Crippen LogP contribution in [-0.4, -0.2) is 32.2 Å². The number of nitrogen functional groups attached to an aromatic ring is 1. The molecule has 0 amide bonds. The van der Waals surface area contributed by atoms with Crippen molar-refractivity contribution in [2.24, 2.45) is 0 Å². The fourth-order valence-corrected chi connectivity index (χ4v) is 3.47. The maximum absolute atomic E-state index is 11.2. The molecule has 98 valence electrons. The molecule has 0 aliphatic heterocycles. The monoisotopic (exact) mass is 284 g/mol. The van der Waals surface area contributed by atoms with Crippen LogP contribution in [0.2, 0.25) is 0 Å². The van der Waals surface area contributed by atoms with Gasteiger partial charge in [-0.2, -0.15) is 4.98 Å². The molecule has 0 aliphatic carbocycles. The van der Waals surface area contributed by atoms with E-state index in [9.17, 15) is 4.21 Å². The van der Waals surface area contributed by atoms with E-state index in [1.165, 1.54) is 4.88 Å². The summed E-state index contributed by atoms with van der Waals surface area (Å²) >= 11 is 1.59. The van der Waals surface area contributed by atoms with Crippen LogP contribution in [-0.2, 0) is 10.8 Å². The third-order valence-corrected chi connectivity index (χ3v) is 4.31. The van der Waals surface area contributed by atoms with Crippen molar-refractivity contribution in [1.29, 1.82) is 0 Å². The van der Waals surface area contributed by atoms with Gasteiger partial charge in [0, 0.05) is 33.7 Å². The van der Waals surface area contributed by atoms with Crippen LogP contribution >= 0.6 is 11.3 Å². The highest BCUT2D eigenvalue weighted by molar-refractivity contribution is 7.84. The number of hydrogen-bond donors (Lipinski definition) is 2. The Morgan fingerprint density at radius 3 is 2.94 bits per heavy atom. The normalized spacial score (nSPS) is 14.6. The van der Waals surface area contributed by atoms with Crippen LogP contribution in [0.3, 0.4) is 0 Å². The first-order chi connectivity index (χ1) is 8.45. The summed E-state index contributed by atoms with van der Waals surface area (Å²) in [7, 11) is -0.838. The third-order valence-electron chi connectivity index (χ3n) is 2.40. The predicted octanol–water partition coefficient (Wildman–Crippen LogP) is 1.76. The second kappa shape index (κ2) is 5.19. The topological polar surface area (TPSA) is 80.9 Å². The van der Waals surface area contributed by atoms with Crippen LogP contribution in [0, 0.1) is 6.92 Å². The van der Waals surface area contributed by atoms with Crippen molar-refractivity contribution in [1.82, 2.24) is 9.97 Å². The van der Waals surface area contributed by atoms with Gasteiger partial charge >= 0.3 is 0 Å². The van der Waals surface area contributed by atoms with Crippen molar-refractivity contribution in [3.63, 3.8) is 0 Å². The molecule has 18 heavy (non-hydrogen) atoms. The summed E-state index contributed by atoms with van der Waals surface area (Å²) in [5.41, 5.74) is 5.70. The van der Waals surface area contributed by atoms with E-state index in [1.54, 1.807) is 17.6 Å². The molecule has 2 rings (SSSR count). The first-order valence-corrected chi connectivity index (χ1v) is 8.10. The summed E-state index contributed by atoms with van der Waals surface area (Å²) in [5.74, 6) is 1.56. The Morgan fingerprint density at radius 1 is 1.56 bits per heavy atom. The Balaban J connectivity index is 2.34. The molecule has 0 fully saturated rings. The lowest BCUT2D eigenvalue weighted by atomic mass is 10.3. The summed E-state index contributed by atoms with van der Waals surface area (Å²) in [4.78, 5) is 10.5. The van der Waals surface area contributed by atoms with Gasteiger partial charge < -0.3 is 11.1 Å². The van der Waals surface area contributed by atoms with Gasteiger partial charge in [0.05, 0.1) is 5.39 Å². The molecular weight excluding hydrogens is 268 g/mol. The van der Waals surface area contributed by atoms with Crippen molar-refractivity contribution >= 4 is 44.1 Å². The zero-order chi connectivity index (χ0) is 13.3. The van der Waals surface area contributed by atoms with Crippen LogP contribution in [0.15, 0.2) is 6.07 Å². The highest BCUT2D eigenvalue weighted by atomic mass is 32.2. The number of hydrogen-bond acceptors (Lipinski definition) is 6. The Hall–Kier alpha value is -1.21. The van der Waals surface area contributed by atoms with Crippen molar-refractivity contribution in [2.75, 3.05) is 23.1 Å². The molecule has 2 heterocycles. The van der Waals surface area contributed by atoms with Gasteiger partial charge in [-0.05, 0) is 19.9 Å². The first-order valence-electron chi connectivity index (χ1n) is 5.56. The number of nitrogens with one attached hydrogen (secondary N) is 1. The largest absolute Gasteiger partial charge is 0.368 e. The summed E-state index contributed by atoms with van der Waals surface area (Å²) in [6.45, 7) is 4.00. The van der Waals surface area contributed by atoms with E-state index >= 15 is 0 Å². The predicted molar refractivity (Wildman–Crippen MR) is 78.6 cm³/mol. The number of nitrogens with zero attached hydrogens (tertiary/aromatic N) is 2. The molecule has 7 heteroatoms. The smallest absolute Gasteiger partial charge is 0.223 e. The Kier molecular flexibility index (Phi) is 3.82. The summed E-state index contributed by atoms with van der Waals surface area (Å²) < 4.78 is 11.2. The zero-order valence-electron chi connectivity index (χ0n) is 10.6. The van der Waals surface area contributed by atoms with Crippen molar-refractivity contribution in [3.8, 4) is 0 Å². The van der Waals surface area contributed by atoms with Gasteiger partial charge in [-0.3, -0.25) is 4.21 Å². The second-order valence-electron chi connectivity index (χ2n) is 4.29. The molecule has 2 aromatic rings. The molecule has 0 aliphatic rings. The minimum Gasteiger partial charge on any atom is -0.368 e. The first kappa shape index (κ1) is 13.2. The quantitative estimate of drug-likeness (QED) is 0.894. The molecule has 0 saturated carbocycles. The van der Waals surface area contributed by atoms with Gasteiger partial charge in [-0.1, -0.05) is 0 Å². The number of anilines is 2. The molecule has 0 bridgehead atoms.